The highest BCUT2D eigenvalue weighted by Gasteiger charge is 2.14. The molecule has 0 aliphatic rings. The zero-order valence-electron chi connectivity index (χ0n) is 21.5. The molecule has 1 heterocycles. The van der Waals surface area contributed by atoms with Crippen molar-refractivity contribution in [2.45, 2.75) is 0 Å². The monoisotopic (exact) mass is 547 g/mol. The van der Waals surface area contributed by atoms with Crippen LogP contribution in [0, 0.1) is 0 Å². The molecular formula is C29H26ClN3O6. The minimum absolute atomic E-state index is 0.344. The number of hydrogen-bond donors (Lipinski definition) is 1. The zero-order chi connectivity index (χ0) is 27.8. The molecule has 0 aliphatic carbocycles. The van der Waals surface area contributed by atoms with Gasteiger partial charge in [0.15, 0.2) is 18.1 Å². The molecule has 0 radical (unpaired) electrons. The van der Waals surface area contributed by atoms with Crippen LogP contribution in [-0.2, 0) is 14.3 Å². The first-order chi connectivity index (χ1) is 18.9. The fourth-order valence-electron chi connectivity index (χ4n) is 3.71. The van der Waals surface area contributed by atoms with E-state index in [1.165, 1.54) is 13.2 Å². The summed E-state index contributed by atoms with van der Waals surface area (Å²) in [5.74, 6) is 0.404. The van der Waals surface area contributed by atoms with Gasteiger partial charge in [-0.3, -0.25) is 4.79 Å². The second kappa shape index (κ2) is 12.7. The molecule has 1 aromatic heterocycles. The molecule has 3 aromatic carbocycles. The van der Waals surface area contributed by atoms with Gasteiger partial charge in [0.25, 0.3) is 5.91 Å². The second-order valence-electron chi connectivity index (χ2n) is 8.12. The smallest absolute Gasteiger partial charge is 0.331 e. The van der Waals surface area contributed by atoms with E-state index >= 15 is 0 Å². The molecule has 4 aromatic rings. The minimum atomic E-state index is -0.691. The molecule has 0 fully saturated rings. The Labute approximate surface area is 230 Å². The van der Waals surface area contributed by atoms with Crippen molar-refractivity contribution in [1.82, 2.24) is 9.78 Å². The third-order valence-electron chi connectivity index (χ3n) is 5.60. The number of methoxy groups -OCH3 is 3. The second-order valence-corrected chi connectivity index (χ2v) is 8.53. The number of ether oxygens (including phenoxy) is 4. The van der Waals surface area contributed by atoms with E-state index in [0.717, 1.165) is 11.3 Å². The fraction of sp³-hybridized carbons (Fsp3) is 0.138. The fourth-order valence-corrected chi connectivity index (χ4v) is 3.97. The summed E-state index contributed by atoms with van der Waals surface area (Å²) < 4.78 is 22.7. The Kier molecular flexibility index (Phi) is 8.86. The zero-order valence-corrected chi connectivity index (χ0v) is 22.3. The molecule has 0 spiro atoms. The Bertz CT molecular complexity index is 1500. The molecule has 0 unspecified atom stereocenters. The number of nitrogens with zero attached hydrogens (tertiary/aromatic N) is 2. The molecular weight excluding hydrogens is 522 g/mol. The molecule has 200 valence electrons. The molecule has 1 amide bonds. The van der Waals surface area contributed by atoms with Crippen molar-refractivity contribution >= 4 is 35.2 Å². The number of amides is 1. The largest absolute Gasteiger partial charge is 0.495 e. The van der Waals surface area contributed by atoms with Gasteiger partial charge >= 0.3 is 5.97 Å². The molecule has 9 nitrogen and oxygen atoms in total. The maximum absolute atomic E-state index is 12.4. The van der Waals surface area contributed by atoms with Crippen LogP contribution in [0.25, 0.3) is 23.0 Å². The lowest BCUT2D eigenvalue weighted by molar-refractivity contribution is -0.142. The quantitative estimate of drug-likeness (QED) is 0.209. The predicted octanol–water partition coefficient (Wildman–Crippen LogP) is 5.41. The van der Waals surface area contributed by atoms with Crippen molar-refractivity contribution in [2.24, 2.45) is 0 Å². The number of carbonyl (C=O) groups is 2. The van der Waals surface area contributed by atoms with E-state index in [2.05, 4.69) is 5.32 Å². The lowest BCUT2D eigenvalue weighted by atomic mass is 10.1. The SMILES string of the molecule is COc1ccc(NC(=O)COC(=O)C=Cc2cn(-c3ccccc3)nc2-c2ccc(OC)c(OC)c2)cc1Cl. The molecule has 0 saturated heterocycles. The van der Waals surface area contributed by atoms with Crippen LogP contribution < -0.4 is 19.5 Å². The Balaban J connectivity index is 1.50. The van der Waals surface area contributed by atoms with Crippen molar-refractivity contribution in [3.05, 3.63) is 89.6 Å². The number of aromatic nitrogens is 2. The highest BCUT2D eigenvalue weighted by atomic mass is 35.5. The average molecular weight is 548 g/mol. The minimum Gasteiger partial charge on any atom is -0.495 e. The van der Waals surface area contributed by atoms with Gasteiger partial charge in [-0.1, -0.05) is 29.8 Å². The molecule has 0 bridgehead atoms. The molecule has 0 atom stereocenters. The number of benzene rings is 3. The summed E-state index contributed by atoms with van der Waals surface area (Å²) in [4.78, 5) is 24.7. The number of para-hydroxylation sites is 1. The molecule has 0 saturated carbocycles. The van der Waals surface area contributed by atoms with E-state index in [9.17, 15) is 9.59 Å². The summed E-state index contributed by atoms with van der Waals surface area (Å²) in [6.07, 6.45) is 4.63. The Morgan fingerprint density at radius 3 is 2.33 bits per heavy atom. The van der Waals surface area contributed by atoms with Crippen molar-refractivity contribution in [2.75, 3.05) is 33.3 Å². The van der Waals surface area contributed by atoms with Gasteiger partial charge < -0.3 is 24.3 Å². The van der Waals surface area contributed by atoms with Crippen molar-refractivity contribution < 1.29 is 28.5 Å². The van der Waals surface area contributed by atoms with Crippen molar-refractivity contribution in [1.29, 1.82) is 0 Å². The topological polar surface area (TPSA) is 101 Å². The molecule has 39 heavy (non-hydrogen) atoms. The van der Waals surface area contributed by atoms with E-state index in [1.54, 1.807) is 55.4 Å². The van der Waals surface area contributed by atoms with E-state index in [1.807, 2.05) is 42.5 Å². The lowest BCUT2D eigenvalue weighted by Gasteiger charge is -2.09. The highest BCUT2D eigenvalue weighted by molar-refractivity contribution is 6.32. The maximum atomic E-state index is 12.4. The lowest BCUT2D eigenvalue weighted by Crippen LogP contribution is -2.20. The van der Waals surface area contributed by atoms with Crippen LogP contribution >= 0.6 is 11.6 Å². The number of anilines is 1. The first kappa shape index (κ1) is 27.3. The van der Waals surface area contributed by atoms with Gasteiger partial charge in [0.05, 0.1) is 32.0 Å². The number of hydrogen-bond acceptors (Lipinski definition) is 7. The van der Waals surface area contributed by atoms with Gasteiger partial charge in [0.2, 0.25) is 0 Å². The summed E-state index contributed by atoms with van der Waals surface area (Å²) in [6.45, 7) is -0.474. The van der Waals surface area contributed by atoms with Crippen molar-refractivity contribution in [3.8, 4) is 34.2 Å². The molecule has 10 heteroatoms. The first-order valence-corrected chi connectivity index (χ1v) is 12.2. The van der Waals surface area contributed by atoms with Gasteiger partial charge in [0.1, 0.15) is 11.4 Å². The van der Waals surface area contributed by atoms with Gasteiger partial charge in [-0.05, 0) is 54.6 Å². The van der Waals surface area contributed by atoms with Crippen LogP contribution in [0.3, 0.4) is 0 Å². The summed E-state index contributed by atoms with van der Waals surface area (Å²) in [5, 5.41) is 7.70. The number of carbonyl (C=O) groups excluding carboxylic acids is 2. The van der Waals surface area contributed by atoms with Gasteiger partial charge in [-0.15, -0.1) is 0 Å². The van der Waals surface area contributed by atoms with Crippen LogP contribution in [0.1, 0.15) is 5.56 Å². The van der Waals surface area contributed by atoms with Gasteiger partial charge in [-0.25, -0.2) is 9.48 Å². The summed E-state index contributed by atoms with van der Waals surface area (Å²) in [7, 11) is 4.62. The highest BCUT2D eigenvalue weighted by Crippen LogP contribution is 2.34. The summed E-state index contributed by atoms with van der Waals surface area (Å²) >= 11 is 6.08. The van der Waals surface area contributed by atoms with Crippen LogP contribution in [0.4, 0.5) is 5.69 Å². The standard InChI is InChI=1S/C29H26ClN3O6/c1-36-24-13-11-21(16-23(24)30)31-27(34)18-39-28(35)14-10-20-17-33(22-7-5-4-6-8-22)32-29(20)19-9-12-25(37-2)26(15-19)38-3/h4-17H,18H2,1-3H3,(H,31,34). The van der Waals surface area contributed by atoms with E-state index in [0.29, 0.717) is 39.2 Å². The first-order valence-electron chi connectivity index (χ1n) is 11.8. The predicted molar refractivity (Wildman–Crippen MR) is 149 cm³/mol. The van der Waals surface area contributed by atoms with Crippen LogP contribution in [0.15, 0.2) is 79.0 Å². The van der Waals surface area contributed by atoms with E-state index in [4.69, 9.17) is 35.6 Å². The van der Waals surface area contributed by atoms with E-state index < -0.39 is 18.5 Å². The normalized spacial score (nSPS) is 10.8. The number of halogens is 1. The van der Waals surface area contributed by atoms with Gasteiger partial charge in [0, 0.05) is 29.1 Å². The number of rotatable bonds is 10. The summed E-state index contributed by atoms with van der Waals surface area (Å²) in [5.41, 5.74) is 3.31. The van der Waals surface area contributed by atoms with Gasteiger partial charge in [-0.2, -0.15) is 5.10 Å². The van der Waals surface area contributed by atoms with Crippen LogP contribution in [0.2, 0.25) is 5.02 Å². The summed E-state index contributed by atoms with van der Waals surface area (Å²) in [6, 6.07) is 19.8. The van der Waals surface area contributed by atoms with E-state index in [-0.39, 0.29) is 0 Å². The average Bonchev–Trinajstić information content (AvgIpc) is 3.39. The maximum Gasteiger partial charge on any atom is 0.331 e. The third kappa shape index (κ3) is 6.77. The molecule has 1 N–H and O–H groups in total. The van der Waals surface area contributed by atoms with Crippen LogP contribution in [-0.4, -0.2) is 49.6 Å². The Morgan fingerprint density at radius 2 is 1.64 bits per heavy atom. The number of nitrogens with one attached hydrogen (secondary N) is 1. The molecule has 0 aliphatic heterocycles. The third-order valence-corrected chi connectivity index (χ3v) is 5.90. The Hall–Kier alpha value is -4.76. The molecule has 4 rings (SSSR count). The van der Waals surface area contributed by atoms with Crippen molar-refractivity contribution in [3.63, 3.8) is 0 Å². The van der Waals surface area contributed by atoms with Crippen LogP contribution in [0.5, 0.6) is 17.2 Å². The number of esters is 1. The Morgan fingerprint density at radius 1 is 0.923 bits per heavy atom.